The highest BCUT2D eigenvalue weighted by atomic mass is 16.3. The van der Waals surface area contributed by atoms with Gasteiger partial charge in [0.2, 0.25) is 0 Å². The Morgan fingerprint density at radius 2 is 2.14 bits per heavy atom. The molecule has 112 valence electrons. The minimum atomic E-state index is -0.367. The van der Waals surface area contributed by atoms with Crippen LogP contribution in [0.1, 0.15) is 17.7 Å². The predicted molar refractivity (Wildman–Crippen MR) is 78.0 cm³/mol. The van der Waals surface area contributed by atoms with Gasteiger partial charge in [-0.1, -0.05) is 23.4 Å². The molecular formula is C15H20N4O2. The van der Waals surface area contributed by atoms with Gasteiger partial charge in [-0.05, 0) is 25.0 Å². The summed E-state index contributed by atoms with van der Waals surface area (Å²) in [5.74, 6) is 0. The van der Waals surface area contributed by atoms with Gasteiger partial charge in [-0.15, -0.1) is 5.10 Å². The minimum Gasteiger partial charge on any atom is -0.395 e. The standard InChI is InChI=1S/C15H20N4O2/c1-11-4-2-3-5-15(11)19-8-12(16-17-19)7-18-9-14(21)6-13(18)10-20/h2-5,8,13-14,20-21H,6-7,9-10H2,1H3/t13-,14-/m0/s1. The molecule has 0 bridgehead atoms. The van der Waals surface area contributed by atoms with Gasteiger partial charge < -0.3 is 10.2 Å². The van der Waals surface area contributed by atoms with Crippen molar-refractivity contribution in [3.8, 4) is 5.69 Å². The summed E-state index contributed by atoms with van der Waals surface area (Å²) in [7, 11) is 0. The molecule has 1 aromatic carbocycles. The van der Waals surface area contributed by atoms with Crippen molar-refractivity contribution < 1.29 is 10.2 Å². The molecule has 2 N–H and O–H groups in total. The summed E-state index contributed by atoms with van der Waals surface area (Å²) in [6.45, 7) is 3.26. The number of rotatable bonds is 4. The van der Waals surface area contributed by atoms with E-state index in [1.165, 1.54) is 0 Å². The fourth-order valence-electron chi connectivity index (χ4n) is 2.86. The first-order chi connectivity index (χ1) is 10.2. The van der Waals surface area contributed by atoms with E-state index in [9.17, 15) is 10.2 Å². The van der Waals surface area contributed by atoms with E-state index in [-0.39, 0.29) is 18.8 Å². The Balaban J connectivity index is 1.75. The molecule has 21 heavy (non-hydrogen) atoms. The summed E-state index contributed by atoms with van der Waals surface area (Å²) in [5, 5.41) is 27.4. The van der Waals surface area contributed by atoms with Gasteiger partial charge in [-0.2, -0.15) is 0 Å². The summed E-state index contributed by atoms with van der Waals surface area (Å²) in [4.78, 5) is 2.05. The van der Waals surface area contributed by atoms with Gasteiger partial charge in [0.25, 0.3) is 0 Å². The molecule has 1 aromatic heterocycles. The molecule has 1 aliphatic heterocycles. The first-order valence-electron chi connectivity index (χ1n) is 7.17. The average Bonchev–Trinajstić information content (AvgIpc) is 3.06. The molecule has 2 heterocycles. The van der Waals surface area contributed by atoms with E-state index in [4.69, 9.17) is 0 Å². The number of aliphatic hydroxyl groups excluding tert-OH is 2. The molecular weight excluding hydrogens is 268 g/mol. The van der Waals surface area contributed by atoms with Crippen LogP contribution in [0.15, 0.2) is 30.5 Å². The van der Waals surface area contributed by atoms with E-state index in [1.54, 1.807) is 4.68 Å². The molecule has 2 aromatic rings. The fraction of sp³-hybridized carbons (Fsp3) is 0.467. The average molecular weight is 288 g/mol. The summed E-state index contributed by atoms with van der Waals surface area (Å²) in [5.41, 5.74) is 2.99. The topological polar surface area (TPSA) is 74.4 Å². The fourth-order valence-corrected chi connectivity index (χ4v) is 2.86. The number of para-hydroxylation sites is 1. The van der Waals surface area contributed by atoms with Crippen molar-refractivity contribution in [3.05, 3.63) is 41.7 Å². The number of β-amino-alcohol motifs (C(OH)–C–C–N with tert-alkyl or cyclic N) is 1. The third kappa shape index (κ3) is 2.97. The number of likely N-dealkylation sites (tertiary alicyclic amines) is 1. The van der Waals surface area contributed by atoms with Crippen LogP contribution in [0, 0.1) is 6.92 Å². The van der Waals surface area contributed by atoms with E-state index < -0.39 is 0 Å². The van der Waals surface area contributed by atoms with Crippen molar-refractivity contribution >= 4 is 0 Å². The maximum absolute atomic E-state index is 9.70. The van der Waals surface area contributed by atoms with Gasteiger partial charge in [0, 0.05) is 19.1 Å². The Labute approximate surface area is 123 Å². The van der Waals surface area contributed by atoms with E-state index in [0.717, 1.165) is 16.9 Å². The maximum atomic E-state index is 9.70. The lowest BCUT2D eigenvalue weighted by molar-refractivity contribution is 0.148. The zero-order valence-corrected chi connectivity index (χ0v) is 12.1. The molecule has 0 aliphatic carbocycles. The van der Waals surface area contributed by atoms with Crippen LogP contribution in [0.4, 0.5) is 0 Å². The van der Waals surface area contributed by atoms with Crippen LogP contribution in [-0.4, -0.2) is 55.4 Å². The molecule has 1 aliphatic rings. The molecule has 1 fully saturated rings. The van der Waals surface area contributed by atoms with Crippen molar-refractivity contribution in [3.63, 3.8) is 0 Å². The van der Waals surface area contributed by atoms with Crippen LogP contribution in [0.5, 0.6) is 0 Å². The highest BCUT2D eigenvalue weighted by molar-refractivity contribution is 5.38. The summed E-state index contributed by atoms with van der Waals surface area (Å²) in [6, 6.07) is 8.01. The van der Waals surface area contributed by atoms with Crippen molar-refractivity contribution in [1.82, 2.24) is 19.9 Å². The van der Waals surface area contributed by atoms with Crippen molar-refractivity contribution in [2.24, 2.45) is 0 Å². The monoisotopic (exact) mass is 288 g/mol. The largest absolute Gasteiger partial charge is 0.395 e. The lowest BCUT2D eigenvalue weighted by Gasteiger charge is -2.20. The number of aliphatic hydroxyl groups is 2. The van der Waals surface area contributed by atoms with Gasteiger partial charge in [0.1, 0.15) is 0 Å². The highest BCUT2D eigenvalue weighted by Gasteiger charge is 2.30. The van der Waals surface area contributed by atoms with Gasteiger partial charge in [0.05, 0.1) is 30.3 Å². The van der Waals surface area contributed by atoms with Gasteiger partial charge in [-0.3, -0.25) is 4.90 Å². The number of aryl methyl sites for hydroxylation is 1. The Kier molecular flexibility index (Phi) is 4.01. The van der Waals surface area contributed by atoms with E-state index in [2.05, 4.69) is 15.2 Å². The lowest BCUT2D eigenvalue weighted by atomic mass is 10.2. The second-order valence-corrected chi connectivity index (χ2v) is 5.60. The zero-order valence-electron chi connectivity index (χ0n) is 12.1. The van der Waals surface area contributed by atoms with Crippen LogP contribution in [-0.2, 0) is 6.54 Å². The summed E-state index contributed by atoms with van der Waals surface area (Å²) >= 11 is 0. The molecule has 0 amide bonds. The highest BCUT2D eigenvalue weighted by Crippen LogP contribution is 2.20. The third-order valence-electron chi connectivity index (χ3n) is 3.98. The minimum absolute atomic E-state index is 0.00334. The Hall–Kier alpha value is -1.76. The van der Waals surface area contributed by atoms with E-state index >= 15 is 0 Å². The van der Waals surface area contributed by atoms with Crippen molar-refractivity contribution in [2.45, 2.75) is 32.0 Å². The SMILES string of the molecule is Cc1ccccc1-n1cc(CN2C[C@@H](O)C[C@H]2CO)nn1. The first kappa shape index (κ1) is 14.2. The molecule has 0 unspecified atom stereocenters. The number of aromatic nitrogens is 3. The smallest absolute Gasteiger partial charge is 0.0972 e. The summed E-state index contributed by atoms with van der Waals surface area (Å²) in [6.07, 6.45) is 2.15. The first-order valence-corrected chi connectivity index (χ1v) is 7.17. The number of hydrogen-bond acceptors (Lipinski definition) is 5. The molecule has 0 saturated carbocycles. The summed E-state index contributed by atoms with van der Waals surface area (Å²) < 4.78 is 1.77. The van der Waals surface area contributed by atoms with Crippen molar-refractivity contribution in [2.75, 3.05) is 13.2 Å². The molecule has 3 rings (SSSR count). The Morgan fingerprint density at radius 1 is 1.33 bits per heavy atom. The van der Waals surface area contributed by atoms with Gasteiger partial charge >= 0.3 is 0 Å². The molecule has 0 radical (unpaired) electrons. The normalized spacial score (nSPS) is 22.8. The number of nitrogens with zero attached hydrogens (tertiary/aromatic N) is 4. The van der Waals surface area contributed by atoms with E-state index in [0.29, 0.717) is 19.5 Å². The number of benzene rings is 1. The van der Waals surface area contributed by atoms with Crippen LogP contribution < -0.4 is 0 Å². The van der Waals surface area contributed by atoms with Crippen molar-refractivity contribution in [1.29, 1.82) is 0 Å². The van der Waals surface area contributed by atoms with Crippen LogP contribution >= 0.6 is 0 Å². The Morgan fingerprint density at radius 3 is 2.90 bits per heavy atom. The van der Waals surface area contributed by atoms with E-state index in [1.807, 2.05) is 37.4 Å². The van der Waals surface area contributed by atoms with Crippen LogP contribution in [0.25, 0.3) is 5.69 Å². The quantitative estimate of drug-likeness (QED) is 0.857. The third-order valence-corrected chi connectivity index (χ3v) is 3.98. The maximum Gasteiger partial charge on any atom is 0.0972 e. The zero-order chi connectivity index (χ0) is 14.8. The van der Waals surface area contributed by atoms with Gasteiger partial charge in [-0.25, -0.2) is 4.68 Å². The molecule has 2 atom stereocenters. The molecule has 6 heteroatoms. The lowest BCUT2D eigenvalue weighted by Crippen LogP contribution is -2.32. The molecule has 6 nitrogen and oxygen atoms in total. The second kappa shape index (κ2) is 5.93. The molecule has 1 saturated heterocycles. The Bertz CT molecular complexity index is 613. The predicted octanol–water partition coefficient (Wildman–Crippen LogP) is 0.503. The molecule has 0 spiro atoms. The van der Waals surface area contributed by atoms with Crippen LogP contribution in [0.3, 0.4) is 0 Å². The van der Waals surface area contributed by atoms with Crippen LogP contribution in [0.2, 0.25) is 0 Å². The number of hydrogen-bond donors (Lipinski definition) is 2. The second-order valence-electron chi connectivity index (χ2n) is 5.60. The van der Waals surface area contributed by atoms with Gasteiger partial charge in [0.15, 0.2) is 0 Å².